The molecule has 1 heterocycles. The average molecular weight is 143 g/mol. The summed E-state index contributed by atoms with van der Waals surface area (Å²) in [6.45, 7) is 5.59. The third kappa shape index (κ3) is 1.18. The first-order valence-electron chi connectivity index (χ1n) is 4.04. The highest BCUT2D eigenvalue weighted by atomic mass is 16.7. The van der Waals surface area contributed by atoms with E-state index in [1.54, 1.807) is 7.11 Å². The van der Waals surface area contributed by atoms with E-state index >= 15 is 0 Å². The van der Waals surface area contributed by atoms with Gasteiger partial charge in [0.2, 0.25) is 0 Å². The van der Waals surface area contributed by atoms with Crippen LogP contribution in [0.3, 0.4) is 0 Å². The summed E-state index contributed by atoms with van der Waals surface area (Å²) in [6, 6.07) is 0. The first kappa shape index (κ1) is 8.02. The van der Waals surface area contributed by atoms with Crippen LogP contribution in [0.4, 0.5) is 0 Å². The van der Waals surface area contributed by atoms with Gasteiger partial charge in [-0.25, -0.2) is 0 Å². The molecule has 0 spiro atoms. The lowest BCUT2D eigenvalue weighted by Crippen LogP contribution is -2.39. The predicted octanol–water partition coefficient (Wildman–Crippen LogP) is 1.81. The Kier molecular flexibility index (Phi) is 2.32. The number of rotatable bonds is 2. The minimum absolute atomic E-state index is 0.314. The highest BCUT2D eigenvalue weighted by Crippen LogP contribution is 2.31. The molecule has 0 aliphatic carbocycles. The number of hydroxylamine groups is 2. The van der Waals surface area contributed by atoms with Gasteiger partial charge in [-0.2, -0.15) is 5.06 Å². The van der Waals surface area contributed by atoms with Gasteiger partial charge in [0.05, 0.1) is 7.11 Å². The zero-order chi connectivity index (χ0) is 7.61. The Labute approximate surface area is 63.1 Å². The third-order valence-corrected chi connectivity index (χ3v) is 2.66. The van der Waals surface area contributed by atoms with Crippen LogP contribution in [0, 0.1) is 0 Å². The first-order valence-corrected chi connectivity index (χ1v) is 4.04. The van der Waals surface area contributed by atoms with Crippen molar-refractivity contribution in [3.05, 3.63) is 0 Å². The number of nitrogens with zero attached hydrogens (tertiary/aromatic N) is 1. The van der Waals surface area contributed by atoms with Crippen molar-refractivity contribution in [2.75, 3.05) is 13.7 Å². The maximum Gasteiger partial charge on any atom is 0.0575 e. The summed E-state index contributed by atoms with van der Waals surface area (Å²) in [5, 5.41) is 2.10. The van der Waals surface area contributed by atoms with Crippen LogP contribution in [0.2, 0.25) is 0 Å². The lowest BCUT2D eigenvalue weighted by Gasteiger charge is -2.31. The molecule has 1 aliphatic rings. The van der Waals surface area contributed by atoms with Crippen LogP contribution < -0.4 is 0 Å². The Bertz CT molecular complexity index is 116. The maximum absolute atomic E-state index is 5.25. The van der Waals surface area contributed by atoms with Crippen molar-refractivity contribution >= 4 is 0 Å². The van der Waals surface area contributed by atoms with Crippen LogP contribution in [0.25, 0.3) is 0 Å². The lowest BCUT2D eigenvalue weighted by atomic mass is 9.97. The van der Waals surface area contributed by atoms with E-state index in [1.165, 1.54) is 19.3 Å². The molecular weight excluding hydrogens is 126 g/mol. The van der Waals surface area contributed by atoms with Crippen molar-refractivity contribution in [1.82, 2.24) is 5.06 Å². The van der Waals surface area contributed by atoms with Gasteiger partial charge in [-0.3, -0.25) is 0 Å². The summed E-state index contributed by atoms with van der Waals surface area (Å²) in [5.74, 6) is 0. The SMILES string of the molecule is CCC1(C)CCCN1OC. The minimum Gasteiger partial charge on any atom is -0.302 e. The third-order valence-electron chi connectivity index (χ3n) is 2.66. The molecule has 10 heavy (non-hydrogen) atoms. The molecule has 1 aliphatic heterocycles. The van der Waals surface area contributed by atoms with E-state index < -0.39 is 0 Å². The topological polar surface area (TPSA) is 12.5 Å². The highest BCUT2D eigenvalue weighted by Gasteiger charge is 2.34. The van der Waals surface area contributed by atoms with Crippen LogP contribution in [0.15, 0.2) is 0 Å². The Hall–Kier alpha value is -0.0800. The van der Waals surface area contributed by atoms with E-state index in [0.29, 0.717) is 5.54 Å². The van der Waals surface area contributed by atoms with Gasteiger partial charge in [0.1, 0.15) is 0 Å². The van der Waals surface area contributed by atoms with Crippen LogP contribution in [0.1, 0.15) is 33.1 Å². The molecule has 2 heteroatoms. The molecule has 2 nitrogen and oxygen atoms in total. The fraction of sp³-hybridized carbons (Fsp3) is 1.00. The monoisotopic (exact) mass is 143 g/mol. The van der Waals surface area contributed by atoms with Crippen LogP contribution in [0.5, 0.6) is 0 Å². The molecule has 0 N–H and O–H groups in total. The quantitative estimate of drug-likeness (QED) is 0.584. The van der Waals surface area contributed by atoms with Crippen molar-refractivity contribution in [2.24, 2.45) is 0 Å². The Morgan fingerprint density at radius 2 is 2.30 bits per heavy atom. The maximum atomic E-state index is 5.25. The zero-order valence-corrected chi connectivity index (χ0v) is 7.18. The van der Waals surface area contributed by atoms with Gasteiger partial charge in [-0.05, 0) is 26.2 Å². The standard InChI is InChI=1S/C8H17NO/c1-4-8(2)6-5-7-9(8)10-3/h4-7H2,1-3H3. The van der Waals surface area contributed by atoms with E-state index in [9.17, 15) is 0 Å². The molecule has 1 saturated heterocycles. The number of hydrogen-bond donors (Lipinski definition) is 0. The van der Waals surface area contributed by atoms with E-state index in [0.717, 1.165) is 6.54 Å². The van der Waals surface area contributed by atoms with Gasteiger partial charge in [0.15, 0.2) is 0 Å². The predicted molar refractivity (Wildman–Crippen MR) is 41.6 cm³/mol. The molecule has 0 aromatic heterocycles. The van der Waals surface area contributed by atoms with Crippen molar-refractivity contribution in [2.45, 2.75) is 38.6 Å². The second kappa shape index (κ2) is 2.89. The molecule has 0 amide bonds. The summed E-state index contributed by atoms with van der Waals surface area (Å²) in [5.41, 5.74) is 0.314. The lowest BCUT2D eigenvalue weighted by molar-refractivity contribution is -0.176. The average Bonchev–Trinajstić information content (AvgIpc) is 2.32. The normalized spacial score (nSPS) is 35.1. The molecule has 1 atom stereocenters. The largest absolute Gasteiger partial charge is 0.302 e. The summed E-state index contributed by atoms with van der Waals surface area (Å²) < 4.78 is 0. The van der Waals surface area contributed by atoms with Crippen LogP contribution >= 0.6 is 0 Å². The summed E-state index contributed by atoms with van der Waals surface area (Å²) >= 11 is 0. The summed E-state index contributed by atoms with van der Waals surface area (Å²) in [4.78, 5) is 5.25. The first-order chi connectivity index (χ1) is 4.73. The molecule has 0 bridgehead atoms. The summed E-state index contributed by atoms with van der Waals surface area (Å²) in [7, 11) is 1.76. The van der Waals surface area contributed by atoms with Crippen molar-refractivity contribution < 1.29 is 4.84 Å². The van der Waals surface area contributed by atoms with E-state index in [2.05, 4.69) is 18.9 Å². The Balaban J connectivity index is 2.56. The fourth-order valence-electron chi connectivity index (χ4n) is 1.66. The van der Waals surface area contributed by atoms with Gasteiger partial charge in [-0.1, -0.05) is 6.92 Å². The Morgan fingerprint density at radius 3 is 2.70 bits per heavy atom. The van der Waals surface area contributed by atoms with E-state index in [-0.39, 0.29) is 0 Å². The molecular formula is C8H17NO. The fourth-order valence-corrected chi connectivity index (χ4v) is 1.66. The van der Waals surface area contributed by atoms with Crippen molar-refractivity contribution in [3.8, 4) is 0 Å². The molecule has 0 saturated carbocycles. The summed E-state index contributed by atoms with van der Waals surface area (Å²) in [6.07, 6.45) is 3.73. The molecule has 1 unspecified atom stereocenters. The smallest absolute Gasteiger partial charge is 0.0575 e. The molecule has 1 fully saturated rings. The molecule has 0 aromatic carbocycles. The second-order valence-corrected chi connectivity index (χ2v) is 3.24. The van der Waals surface area contributed by atoms with Crippen LogP contribution in [-0.4, -0.2) is 24.3 Å². The van der Waals surface area contributed by atoms with Gasteiger partial charge in [-0.15, -0.1) is 0 Å². The zero-order valence-electron chi connectivity index (χ0n) is 7.18. The van der Waals surface area contributed by atoms with Crippen molar-refractivity contribution in [3.63, 3.8) is 0 Å². The highest BCUT2D eigenvalue weighted by molar-refractivity contribution is 4.86. The minimum atomic E-state index is 0.314. The molecule has 0 aromatic rings. The van der Waals surface area contributed by atoms with E-state index in [4.69, 9.17) is 4.84 Å². The molecule has 1 rings (SSSR count). The molecule has 0 radical (unpaired) electrons. The van der Waals surface area contributed by atoms with Crippen LogP contribution in [-0.2, 0) is 4.84 Å². The number of hydrogen-bond acceptors (Lipinski definition) is 2. The van der Waals surface area contributed by atoms with Gasteiger partial charge in [0, 0.05) is 12.1 Å². The van der Waals surface area contributed by atoms with Crippen molar-refractivity contribution in [1.29, 1.82) is 0 Å². The van der Waals surface area contributed by atoms with Gasteiger partial charge >= 0.3 is 0 Å². The Morgan fingerprint density at radius 1 is 1.60 bits per heavy atom. The van der Waals surface area contributed by atoms with E-state index in [1.807, 2.05) is 0 Å². The van der Waals surface area contributed by atoms with Gasteiger partial charge < -0.3 is 4.84 Å². The second-order valence-electron chi connectivity index (χ2n) is 3.24. The molecule has 60 valence electrons. The van der Waals surface area contributed by atoms with Gasteiger partial charge in [0.25, 0.3) is 0 Å².